The van der Waals surface area contributed by atoms with Gasteiger partial charge in [-0.15, -0.1) is 0 Å². The summed E-state index contributed by atoms with van der Waals surface area (Å²) in [6, 6.07) is 0.440. The molecule has 1 rings (SSSR count). The van der Waals surface area contributed by atoms with Gasteiger partial charge in [-0.3, -0.25) is 4.79 Å². The van der Waals surface area contributed by atoms with Crippen molar-refractivity contribution in [2.45, 2.75) is 45.2 Å². The Labute approximate surface area is 105 Å². The number of likely N-dealkylation sites (tertiary alicyclic amines) is 1. The van der Waals surface area contributed by atoms with Gasteiger partial charge in [0.25, 0.3) is 0 Å². The van der Waals surface area contributed by atoms with E-state index in [0.717, 1.165) is 25.9 Å². The zero-order valence-electron chi connectivity index (χ0n) is 11.7. The molecule has 1 unspecified atom stereocenters. The van der Waals surface area contributed by atoms with Crippen LogP contribution < -0.4 is 5.32 Å². The minimum absolute atomic E-state index is 0.0623. The molecule has 4 heteroatoms. The van der Waals surface area contributed by atoms with Crippen LogP contribution in [0.15, 0.2) is 0 Å². The fraction of sp³-hybridized carbons (Fsp3) is 0.923. The fourth-order valence-electron chi connectivity index (χ4n) is 2.45. The van der Waals surface area contributed by atoms with Gasteiger partial charge in [-0.05, 0) is 45.8 Å². The van der Waals surface area contributed by atoms with E-state index in [4.69, 9.17) is 0 Å². The Balaban J connectivity index is 2.28. The first-order valence-electron chi connectivity index (χ1n) is 6.74. The van der Waals surface area contributed by atoms with Crippen LogP contribution in [0.5, 0.6) is 0 Å². The highest BCUT2D eigenvalue weighted by atomic mass is 16.2. The van der Waals surface area contributed by atoms with Gasteiger partial charge in [-0.1, -0.05) is 6.92 Å². The molecule has 1 saturated heterocycles. The van der Waals surface area contributed by atoms with Crippen molar-refractivity contribution in [3.05, 3.63) is 0 Å². The summed E-state index contributed by atoms with van der Waals surface area (Å²) in [6.07, 6.45) is 3.55. The molecule has 0 radical (unpaired) electrons. The zero-order chi connectivity index (χ0) is 12.8. The van der Waals surface area contributed by atoms with E-state index in [1.54, 1.807) is 4.90 Å². The van der Waals surface area contributed by atoms with Gasteiger partial charge in [0.15, 0.2) is 0 Å². The van der Waals surface area contributed by atoms with Gasteiger partial charge in [0.05, 0.1) is 6.04 Å². The lowest BCUT2D eigenvalue weighted by molar-refractivity contribution is -0.130. The summed E-state index contributed by atoms with van der Waals surface area (Å²) in [5.74, 6) is 0.168. The van der Waals surface area contributed by atoms with E-state index in [0.29, 0.717) is 6.04 Å². The summed E-state index contributed by atoms with van der Waals surface area (Å²) in [5.41, 5.74) is 0. The van der Waals surface area contributed by atoms with Crippen LogP contribution in [0.2, 0.25) is 0 Å². The van der Waals surface area contributed by atoms with E-state index in [1.807, 2.05) is 21.0 Å². The van der Waals surface area contributed by atoms with Crippen LogP contribution in [0.3, 0.4) is 0 Å². The van der Waals surface area contributed by atoms with Gasteiger partial charge in [0.2, 0.25) is 5.91 Å². The molecule has 0 aromatic rings. The molecule has 0 bridgehead atoms. The highest BCUT2D eigenvalue weighted by molar-refractivity contribution is 5.80. The van der Waals surface area contributed by atoms with E-state index in [-0.39, 0.29) is 11.9 Å². The Morgan fingerprint density at radius 2 is 2.00 bits per heavy atom. The molecule has 1 heterocycles. The van der Waals surface area contributed by atoms with E-state index in [2.05, 4.69) is 17.1 Å². The minimum atomic E-state index is -0.0623. The number of nitrogens with one attached hydrogen (secondary N) is 1. The molecule has 0 aliphatic carbocycles. The first-order valence-corrected chi connectivity index (χ1v) is 6.74. The SMILES string of the molecule is CCCN1CCC(NC(C)C(=O)N(C)C)CC1. The summed E-state index contributed by atoms with van der Waals surface area (Å²) in [5, 5.41) is 3.44. The van der Waals surface area contributed by atoms with E-state index in [1.165, 1.54) is 13.0 Å². The third kappa shape index (κ3) is 4.64. The standard InChI is InChI=1S/C13H27N3O/c1-5-8-16-9-6-12(7-10-16)14-11(2)13(17)15(3)4/h11-12,14H,5-10H2,1-4H3. The number of amides is 1. The lowest BCUT2D eigenvalue weighted by atomic mass is 10.0. The monoisotopic (exact) mass is 241 g/mol. The van der Waals surface area contributed by atoms with Crippen LogP contribution in [0.1, 0.15) is 33.1 Å². The van der Waals surface area contributed by atoms with Crippen molar-refractivity contribution in [2.24, 2.45) is 0 Å². The largest absolute Gasteiger partial charge is 0.347 e. The molecule has 1 atom stereocenters. The second-order valence-electron chi connectivity index (χ2n) is 5.24. The lowest BCUT2D eigenvalue weighted by Gasteiger charge is -2.33. The average molecular weight is 241 g/mol. The molecule has 1 fully saturated rings. The number of carbonyl (C=O) groups is 1. The smallest absolute Gasteiger partial charge is 0.238 e. The number of hydrogen-bond donors (Lipinski definition) is 1. The Kier molecular flexibility index (Phi) is 5.92. The third-order valence-corrected chi connectivity index (χ3v) is 3.42. The van der Waals surface area contributed by atoms with Crippen LogP contribution >= 0.6 is 0 Å². The summed E-state index contributed by atoms with van der Waals surface area (Å²) in [7, 11) is 3.62. The van der Waals surface area contributed by atoms with Gasteiger partial charge in [-0.25, -0.2) is 0 Å². The molecule has 0 spiro atoms. The topological polar surface area (TPSA) is 35.6 Å². The Morgan fingerprint density at radius 3 is 2.47 bits per heavy atom. The Morgan fingerprint density at radius 1 is 1.41 bits per heavy atom. The van der Waals surface area contributed by atoms with Crippen molar-refractivity contribution >= 4 is 5.91 Å². The van der Waals surface area contributed by atoms with Crippen LogP contribution in [0.4, 0.5) is 0 Å². The number of rotatable bonds is 5. The van der Waals surface area contributed by atoms with Gasteiger partial charge < -0.3 is 15.1 Å². The average Bonchev–Trinajstić information content (AvgIpc) is 2.30. The predicted octanol–water partition coefficient (Wildman–Crippen LogP) is 0.927. The molecule has 1 aliphatic heterocycles. The highest BCUT2D eigenvalue weighted by Gasteiger charge is 2.22. The Hall–Kier alpha value is -0.610. The van der Waals surface area contributed by atoms with Crippen molar-refractivity contribution in [3.8, 4) is 0 Å². The van der Waals surface area contributed by atoms with Crippen molar-refractivity contribution < 1.29 is 4.79 Å². The van der Waals surface area contributed by atoms with Crippen LogP contribution in [0, 0.1) is 0 Å². The number of likely N-dealkylation sites (N-methyl/N-ethyl adjacent to an activating group) is 1. The molecule has 0 aromatic carbocycles. The lowest BCUT2D eigenvalue weighted by Crippen LogP contribution is -2.50. The van der Waals surface area contributed by atoms with Crippen molar-refractivity contribution in [2.75, 3.05) is 33.7 Å². The third-order valence-electron chi connectivity index (χ3n) is 3.42. The van der Waals surface area contributed by atoms with E-state index in [9.17, 15) is 4.79 Å². The molecule has 4 nitrogen and oxygen atoms in total. The molecule has 1 amide bonds. The molecule has 1 N–H and O–H groups in total. The number of nitrogens with zero attached hydrogens (tertiary/aromatic N) is 2. The van der Waals surface area contributed by atoms with E-state index >= 15 is 0 Å². The molecular weight excluding hydrogens is 214 g/mol. The first kappa shape index (κ1) is 14.5. The molecule has 0 saturated carbocycles. The number of carbonyl (C=O) groups excluding carboxylic acids is 1. The van der Waals surface area contributed by atoms with Crippen molar-refractivity contribution in [1.29, 1.82) is 0 Å². The number of piperidine rings is 1. The second-order valence-corrected chi connectivity index (χ2v) is 5.24. The maximum Gasteiger partial charge on any atom is 0.238 e. The van der Waals surface area contributed by atoms with Crippen LogP contribution in [-0.2, 0) is 4.79 Å². The van der Waals surface area contributed by atoms with Crippen LogP contribution in [-0.4, -0.2) is 61.5 Å². The summed E-state index contributed by atoms with van der Waals surface area (Å²) < 4.78 is 0. The van der Waals surface area contributed by atoms with Crippen molar-refractivity contribution in [3.63, 3.8) is 0 Å². The maximum absolute atomic E-state index is 11.7. The zero-order valence-corrected chi connectivity index (χ0v) is 11.7. The van der Waals surface area contributed by atoms with Gasteiger partial charge >= 0.3 is 0 Å². The summed E-state index contributed by atoms with van der Waals surface area (Å²) >= 11 is 0. The fourth-order valence-corrected chi connectivity index (χ4v) is 2.45. The summed E-state index contributed by atoms with van der Waals surface area (Å²) in [4.78, 5) is 15.9. The maximum atomic E-state index is 11.7. The quantitative estimate of drug-likeness (QED) is 0.778. The summed E-state index contributed by atoms with van der Waals surface area (Å²) in [6.45, 7) is 7.71. The number of hydrogen-bond acceptors (Lipinski definition) is 3. The normalized spacial score (nSPS) is 20.2. The first-order chi connectivity index (χ1) is 8.04. The molecule has 0 aromatic heterocycles. The van der Waals surface area contributed by atoms with Gasteiger partial charge in [0.1, 0.15) is 0 Å². The predicted molar refractivity (Wildman–Crippen MR) is 71.0 cm³/mol. The molecule has 1 aliphatic rings. The van der Waals surface area contributed by atoms with Gasteiger partial charge in [0, 0.05) is 20.1 Å². The molecule has 17 heavy (non-hydrogen) atoms. The van der Waals surface area contributed by atoms with Crippen molar-refractivity contribution in [1.82, 2.24) is 15.1 Å². The second kappa shape index (κ2) is 6.97. The minimum Gasteiger partial charge on any atom is -0.347 e. The molecule has 100 valence electrons. The molecular formula is C13H27N3O. The Bertz CT molecular complexity index is 235. The van der Waals surface area contributed by atoms with Crippen LogP contribution in [0.25, 0.3) is 0 Å². The van der Waals surface area contributed by atoms with E-state index < -0.39 is 0 Å². The highest BCUT2D eigenvalue weighted by Crippen LogP contribution is 2.11. The van der Waals surface area contributed by atoms with Gasteiger partial charge in [-0.2, -0.15) is 0 Å².